The Hall–Kier alpha value is -0.843. The fraction of sp³-hybridized carbons (Fsp3) is 0.800. The van der Waals surface area contributed by atoms with Gasteiger partial charge in [0.05, 0.1) is 21.7 Å². The number of rotatable bonds is 4. The van der Waals surface area contributed by atoms with Gasteiger partial charge in [-0.25, -0.2) is 0 Å². The van der Waals surface area contributed by atoms with Crippen LogP contribution in [-0.2, 0) is 4.74 Å². The van der Waals surface area contributed by atoms with Gasteiger partial charge in [-0.1, -0.05) is 6.04 Å². The summed E-state index contributed by atoms with van der Waals surface area (Å²) in [6.45, 7) is 0.914. The van der Waals surface area contributed by atoms with E-state index >= 15 is 0 Å². The zero-order valence-electron chi connectivity index (χ0n) is 8.41. The highest BCUT2D eigenvalue weighted by atomic mass is 28.2. The van der Waals surface area contributed by atoms with Gasteiger partial charge in [0.1, 0.15) is 5.92 Å². The van der Waals surface area contributed by atoms with Crippen LogP contribution in [0.15, 0.2) is 0 Å². The van der Waals surface area contributed by atoms with Gasteiger partial charge in [-0.05, 0) is 25.7 Å². The first kappa shape index (κ1) is 11.2. The highest BCUT2D eigenvalue weighted by Crippen LogP contribution is 2.14. The minimum absolute atomic E-state index is 0.220. The molecule has 1 aliphatic rings. The molecule has 0 spiro atoms. The number of hydrogen-bond donors (Lipinski definition) is 0. The van der Waals surface area contributed by atoms with Crippen molar-refractivity contribution in [3.05, 3.63) is 0 Å². The van der Waals surface area contributed by atoms with E-state index in [-0.39, 0.29) is 9.52 Å². The van der Waals surface area contributed by atoms with Crippen LogP contribution < -0.4 is 0 Å². The second-order valence-electron chi connectivity index (χ2n) is 3.73. The number of nitriles is 2. The predicted octanol–water partition coefficient (Wildman–Crippen LogP) is 1.15. The molecule has 1 fully saturated rings. The number of hydrogen-bond acceptors (Lipinski definition) is 3. The lowest BCUT2D eigenvalue weighted by molar-refractivity contribution is 0.0649. The Morgan fingerprint density at radius 2 is 2.14 bits per heavy atom. The van der Waals surface area contributed by atoms with Gasteiger partial charge in [0.15, 0.2) is 0 Å². The quantitative estimate of drug-likeness (QED) is 0.651. The van der Waals surface area contributed by atoms with E-state index in [0.717, 1.165) is 19.1 Å². The molecular weight excluding hydrogens is 192 g/mol. The van der Waals surface area contributed by atoms with E-state index in [9.17, 15) is 0 Å². The zero-order chi connectivity index (χ0) is 10.2. The lowest BCUT2D eigenvalue weighted by atomic mass is 10.1. The van der Waals surface area contributed by atoms with Gasteiger partial charge in [0.2, 0.25) is 0 Å². The van der Waals surface area contributed by atoms with Crippen molar-refractivity contribution >= 4 is 9.52 Å². The third kappa shape index (κ3) is 3.91. The second kappa shape index (κ2) is 6.59. The van der Waals surface area contributed by atoms with Crippen molar-refractivity contribution in [2.45, 2.75) is 37.5 Å². The van der Waals surface area contributed by atoms with Crippen LogP contribution in [0, 0.1) is 28.6 Å². The van der Waals surface area contributed by atoms with Crippen LogP contribution >= 0.6 is 0 Å². The molecule has 1 aliphatic heterocycles. The zero-order valence-corrected chi connectivity index (χ0v) is 9.82. The van der Waals surface area contributed by atoms with Gasteiger partial charge in [-0.15, -0.1) is 0 Å². The van der Waals surface area contributed by atoms with Gasteiger partial charge in [-0.2, -0.15) is 10.5 Å². The van der Waals surface area contributed by atoms with Gasteiger partial charge in [0.25, 0.3) is 0 Å². The monoisotopic (exact) mass is 208 g/mol. The molecule has 1 saturated heterocycles. The lowest BCUT2D eigenvalue weighted by Crippen LogP contribution is -2.25. The Bertz CT molecular complexity index is 223. The van der Waals surface area contributed by atoms with Gasteiger partial charge < -0.3 is 4.74 Å². The molecule has 3 nitrogen and oxygen atoms in total. The molecule has 14 heavy (non-hydrogen) atoms. The maximum Gasteiger partial charge on any atom is 0.133 e. The predicted molar refractivity (Wildman–Crippen MR) is 56.3 cm³/mol. The molecule has 4 heteroatoms. The van der Waals surface area contributed by atoms with Crippen LogP contribution in [0.3, 0.4) is 0 Å². The molecule has 0 bridgehead atoms. The summed E-state index contributed by atoms with van der Waals surface area (Å²) in [6, 6.07) is 5.09. The van der Waals surface area contributed by atoms with Crippen molar-refractivity contribution in [2.24, 2.45) is 5.92 Å². The standard InChI is InChI=1S/C10H16N2OSi/c11-7-9(8-12)4-6-14-10-3-1-2-5-13-10/h9-10H,1-6,14H2. The van der Waals surface area contributed by atoms with Crippen molar-refractivity contribution in [1.29, 1.82) is 10.5 Å². The lowest BCUT2D eigenvalue weighted by Gasteiger charge is -2.22. The van der Waals surface area contributed by atoms with Crippen LogP contribution in [0.5, 0.6) is 0 Å². The number of nitrogens with zero attached hydrogens (tertiary/aromatic N) is 2. The summed E-state index contributed by atoms with van der Waals surface area (Å²) >= 11 is 0. The molecule has 1 atom stereocenters. The maximum atomic E-state index is 8.57. The molecule has 0 aromatic carbocycles. The van der Waals surface area contributed by atoms with E-state index in [0.29, 0.717) is 5.73 Å². The minimum Gasteiger partial charge on any atom is -0.382 e. The van der Waals surface area contributed by atoms with Crippen molar-refractivity contribution in [3.8, 4) is 12.1 Å². The van der Waals surface area contributed by atoms with Crippen molar-refractivity contribution in [2.75, 3.05) is 6.61 Å². The first-order valence-corrected chi connectivity index (χ1v) is 7.09. The average molecular weight is 208 g/mol. The minimum atomic E-state index is -0.397. The summed E-state index contributed by atoms with van der Waals surface area (Å²) in [5.74, 6) is -0.397. The van der Waals surface area contributed by atoms with Crippen molar-refractivity contribution in [3.63, 3.8) is 0 Å². The SMILES string of the molecule is N#CC(C#N)CC[SiH2]C1CCCCO1. The third-order valence-corrected chi connectivity index (χ3v) is 4.71. The number of ether oxygens (including phenoxy) is 1. The molecule has 76 valence electrons. The Labute approximate surface area is 87.5 Å². The van der Waals surface area contributed by atoms with E-state index < -0.39 is 5.92 Å². The van der Waals surface area contributed by atoms with E-state index in [4.69, 9.17) is 15.3 Å². The molecule has 0 aromatic rings. The molecule has 1 unspecified atom stereocenters. The molecular formula is C10H16N2OSi. The molecule has 0 aromatic heterocycles. The molecule has 1 heterocycles. The highest BCUT2D eigenvalue weighted by molar-refractivity contribution is 6.37. The Morgan fingerprint density at radius 1 is 1.36 bits per heavy atom. The molecule has 0 aliphatic carbocycles. The van der Waals surface area contributed by atoms with Gasteiger partial charge >= 0.3 is 0 Å². The topological polar surface area (TPSA) is 56.8 Å². The first-order chi connectivity index (χ1) is 6.86. The summed E-state index contributed by atoms with van der Waals surface area (Å²) in [5, 5.41) is 17.1. The Balaban J connectivity index is 2.09. The van der Waals surface area contributed by atoms with Crippen molar-refractivity contribution in [1.82, 2.24) is 0 Å². The fourth-order valence-electron chi connectivity index (χ4n) is 1.74. The molecule has 0 radical (unpaired) electrons. The van der Waals surface area contributed by atoms with Crippen LogP contribution in [0.1, 0.15) is 25.7 Å². The van der Waals surface area contributed by atoms with Gasteiger partial charge in [-0.3, -0.25) is 0 Å². The summed E-state index contributed by atoms with van der Waals surface area (Å²) in [7, 11) is -0.220. The Kier molecular flexibility index (Phi) is 5.29. The van der Waals surface area contributed by atoms with Crippen LogP contribution in [-0.4, -0.2) is 21.9 Å². The Morgan fingerprint density at radius 3 is 2.71 bits per heavy atom. The van der Waals surface area contributed by atoms with Crippen LogP contribution in [0.25, 0.3) is 0 Å². The maximum absolute atomic E-state index is 8.57. The largest absolute Gasteiger partial charge is 0.382 e. The third-order valence-electron chi connectivity index (χ3n) is 2.60. The summed E-state index contributed by atoms with van der Waals surface area (Å²) in [4.78, 5) is 0. The van der Waals surface area contributed by atoms with Crippen molar-refractivity contribution < 1.29 is 4.74 Å². The first-order valence-electron chi connectivity index (χ1n) is 5.27. The summed E-state index contributed by atoms with van der Waals surface area (Å²) in [6.07, 6.45) is 4.44. The average Bonchev–Trinajstić information content (AvgIpc) is 2.26. The van der Waals surface area contributed by atoms with E-state index in [1.54, 1.807) is 0 Å². The normalized spacial score (nSPS) is 22.4. The summed E-state index contributed by atoms with van der Waals surface area (Å²) < 4.78 is 5.62. The van der Waals surface area contributed by atoms with E-state index in [1.807, 2.05) is 12.1 Å². The molecule has 0 amide bonds. The smallest absolute Gasteiger partial charge is 0.133 e. The highest BCUT2D eigenvalue weighted by Gasteiger charge is 2.14. The van der Waals surface area contributed by atoms with Gasteiger partial charge in [0, 0.05) is 12.3 Å². The van der Waals surface area contributed by atoms with E-state index in [2.05, 4.69) is 0 Å². The second-order valence-corrected chi connectivity index (χ2v) is 5.93. The summed E-state index contributed by atoms with van der Waals surface area (Å²) in [5.41, 5.74) is 0.516. The molecule has 1 rings (SSSR count). The van der Waals surface area contributed by atoms with E-state index in [1.165, 1.54) is 19.3 Å². The molecule has 0 N–H and O–H groups in total. The molecule has 0 saturated carbocycles. The van der Waals surface area contributed by atoms with Crippen LogP contribution in [0.2, 0.25) is 6.04 Å². The fourth-order valence-corrected chi connectivity index (χ4v) is 3.75. The van der Waals surface area contributed by atoms with Crippen LogP contribution in [0.4, 0.5) is 0 Å².